The molecule has 0 atom stereocenters. The predicted octanol–water partition coefficient (Wildman–Crippen LogP) is 2.85. The Hall–Kier alpha value is -2.48. The molecule has 3 amide bonds. The summed E-state index contributed by atoms with van der Waals surface area (Å²) in [4.78, 5) is 35.3. The molecular weight excluding hydrogens is 368 g/mol. The van der Waals surface area contributed by atoms with E-state index < -0.39 is 5.91 Å². The van der Waals surface area contributed by atoms with Crippen molar-refractivity contribution >= 4 is 34.9 Å². The summed E-state index contributed by atoms with van der Waals surface area (Å²) in [6.45, 7) is -0.0833. The molecule has 0 unspecified atom stereocenters. The number of imide groups is 1. The van der Waals surface area contributed by atoms with E-state index in [0.29, 0.717) is 22.0 Å². The largest absolute Gasteiger partial charge is 0.493 e. The molecule has 1 aliphatic heterocycles. The third kappa shape index (κ3) is 5.26. The molecule has 1 aromatic carbocycles. The number of methoxy groups -OCH3 is 1. The van der Waals surface area contributed by atoms with Gasteiger partial charge in [0.25, 0.3) is 17.1 Å². The van der Waals surface area contributed by atoms with Gasteiger partial charge in [-0.05, 0) is 48.4 Å². The van der Waals surface area contributed by atoms with E-state index in [1.807, 2.05) is 0 Å². The lowest BCUT2D eigenvalue weighted by molar-refractivity contribution is -0.124. The minimum atomic E-state index is -0.413. The zero-order chi connectivity index (χ0) is 19.2. The Morgan fingerprint density at radius 2 is 2.04 bits per heavy atom. The first-order valence-corrected chi connectivity index (χ1v) is 9.72. The van der Waals surface area contributed by atoms with Crippen molar-refractivity contribution < 1.29 is 23.9 Å². The maximum absolute atomic E-state index is 12.1. The fraction of sp³-hybridized carbons (Fsp3) is 0.421. The third-order valence-electron chi connectivity index (χ3n) is 4.46. The van der Waals surface area contributed by atoms with Crippen LogP contribution in [-0.2, 0) is 9.59 Å². The average Bonchev–Trinajstić information content (AvgIpc) is 2.98. The lowest BCUT2D eigenvalue weighted by Gasteiger charge is -2.22. The Labute approximate surface area is 161 Å². The van der Waals surface area contributed by atoms with Gasteiger partial charge in [-0.3, -0.25) is 19.7 Å². The highest BCUT2D eigenvalue weighted by Crippen LogP contribution is 2.31. The number of thioether (sulfide) groups is 1. The summed E-state index contributed by atoms with van der Waals surface area (Å²) in [5, 5.41) is 4.82. The molecule has 0 bridgehead atoms. The number of amides is 3. The number of hydrogen-bond donors (Lipinski definition) is 2. The van der Waals surface area contributed by atoms with Gasteiger partial charge in [0.2, 0.25) is 0 Å². The van der Waals surface area contributed by atoms with Crippen molar-refractivity contribution in [2.24, 2.45) is 0 Å². The van der Waals surface area contributed by atoms with Crippen molar-refractivity contribution in [3.8, 4) is 11.5 Å². The zero-order valence-electron chi connectivity index (χ0n) is 15.1. The second kappa shape index (κ2) is 8.94. The van der Waals surface area contributed by atoms with Crippen LogP contribution in [-0.4, -0.2) is 36.8 Å². The number of benzene rings is 1. The van der Waals surface area contributed by atoms with Gasteiger partial charge >= 0.3 is 0 Å². The normalized spacial score (nSPS) is 19.1. The van der Waals surface area contributed by atoms with E-state index in [1.165, 1.54) is 13.5 Å². The molecule has 2 fully saturated rings. The minimum Gasteiger partial charge on any atom is -0.493 e. The van der Waals surface area contributed by atoms with Crippen LogP contribution in [0.5, 0.6) is 11.5 Å². The first-order chi connectivity index (χ1) is 13.0. The number of rotatable bonds is 6. The smallest absolute Gasteiger partial charge is 0.290 e. The Bertz CT molecular complexity index is 771. The van der Waals surface area contributed by atoms with Crippen molar-refractivity contribution in [2.45, 2.75) is 38.1 Å². The quantitative estimate of drug-likeness (QED) is 0.726. The first-order valence-electron chi connectivity index (χ1n) is 8.90. The molecule has 0 aromatic heterocycles. The summed E-state index contributed by atoms with van der Waals surface area (Å²) in [6, 6.07) is 5.35. The summed E-state index contributed by atoms with van der Waals surface area (Å²) in [5.41, 5.74) is 0.693. The monoisotopic (exact) mass is 390 g/mol. The van der Waals surface area contributed by atoms with Crippen LogP contribution in [0.4, 0.5) is 4.79 Å². The zero-order valence-corrected chi connectivity index (χ0v) is 15.9. The van der Waals surface area contributed by atoms with E-state index in [-0.39, 0.29) is 23.8 Å². The summed E-state index contributed by atoms with van der Waals surface area (Å²) in [7, 11) is 1.50. The number of carbonyl (C=O) groups is 3. The van der Waals surface area contributed by atoms with Crippen LogP contribution >= 0.6 is 11.8 Å². The van der Waals surface area contributed by atoms with Gasteiger partial charge in [-0.1, -0.05) is 25.3 Å². The molecule has 8 heteroatoms. The second-order valence-corrected chi connectivity index (χ2v) is 7.47. The maximum Gasteiger partial charge on any atom is 0.290 e. The molecule has 0 spiro atoms. The van der Waals surface area contributed by atoms with E-state index in [0.717, 1.165) is 37.4 Å². The van der Waals surface area contributed by atoms with Gasteiger partial charge in [0, 0.05) is 6.04 Å². The van der Waals surface area contributed by atoms with Gasteiger partial charge in [0.05, 0.1) is 12.0 Å². The number of hydrogen-bond acceptors (Lipinski definition) is 6. The van der Waals surface area contributed by atoms with Crippen LogP contribution in [0.25, 0.3) is 6.08 Å². The van der Waals surface area contributed by atoms with Crippen molar-refractivity contribution in [1.82, 2.24) is 10.6 Å². The fourth-order valence-electron chi connectivity index (χ4n) is 3.13. The first kappa shape index (κ1) is 19.3. The molecule has 1 aliphatic carbocycles. The van der Waals surface area contributed by atoms with Gasteiger partial charge in [-0.25, -0.2) is 0 Å². The molecule has 0 radical (unpaired) electrons. The van der Waals surface area contributed by atoms with Crippen LogP contribution < -0.4 is 20.1 Å². The van der Waals surface area contributed by atoms with Crippen molar-refractivity contribution in [2.75, 3.05) is 13.7 Å². The molecule has 144 valence electrons. The van der Waals surface area contributed by atoms with Crippen molar-refractivity contribution in [1.29, 1.82) is 0 Å². The summed E-state index contributed by atoms with van der Waals surface area (Å²) >= 11 is 0.853. The molecular formula is C19H22N2O5S. The molecule has 2 aliphatic rings. The fourth-order valence-corrected chi connectivity index (χ4v) is 3.81. The van der Waals surface area contributed by atoms with Crippen LogP contribution in [0, 0.1) is 0 Å². The Kier molecular flexibility index (Phi) is 6.39. The van der Waals surface area contributed by atoms with Crippen molar-refractivity contribution in [3.63, 3.8) is 0 Å². The number of carbonyl (C=O) groups excluding carboxylic acids is 3. The highest BCUT2D eigenvalue weighted by molar-refractivity contribution is 8.18. The summed E-state index contributed by atoms with van der Waals surface area (Å²) in [6.07, 6.45) is 7.18. The van der Waals surface area contributed by atoms with Crippen LogP contribution in [0.3, 0.4) is 0 Å². The predicted molar refractivity (Wildman–Crippen MR) is 103 cm³/mol. The topological polar surface area (TPSA) is 93.7 Å². The van der Waals surface area contributed by atoms with Crippen LogP contribution in [0.2, 0.25) is 0 Å². The standard InChI is InChI=1S/C19H22N2O5S/c1-25-15-9-12(10-16-18(23)21-19(24)27-16)7-8-14(15)26-11-17(22)20-13-5-3-2-4-6-13/h7-10,13H,2-6,11H2,1H3,(H,20,22)(H,21,23,24)/b16-10+. The summed E-state index contributed by atoms with van der Waals surface area (Å²) in [5.74, 6) is 0.332. The SMILES string of the molecule is COc1cc(/C=C2/SC(=O)NC2=O)ccc1OCC(=O)NC1CCCCC1. The second-order valence-electron chi connectivity index (χ2n) is 6.45. The van der Waals surface area contributed by atoms with Gasteiger partial charge in [0.1, 0.15) is 0 Å². The summed E-state index contributed by atoms with van der Waals surface area (Å²) < 4.78 is 10.9. The lowest BCUT2D eigenvalue weighted by Crippen LogP contribution is -2.39. The Morgan fingerprint density at radius 1 is 1.26 bits per heavy atom. The maximum atomic E-state index is 12.1. The molecule has 7 nitrogen and oxygen atoms in total. The van der Waals surface area contributed by atoms with Gasteiger partial charge < -0.3 is 14.8 Å². The van der Waals surface area contributed by atoms with E-state index >= 15 is 0 Å². The average molecular weight is 390 g/mol. The molecule has 1 aromatic rings. The highest BCUT2D eigenvalue weighted by atomic mass is 32.2. The molecule has 1 saturated carbocycles. The number of ether oxygens (including phenoxy) is 2. The van der Waals surface area contributed by atoms with Gasteiger partial charge in [0.15, 0.2) is 18.1 Å². The molecule has 2 N–H and O–H groups in total. The van der Waals surface area contributed by atoms with E-state index in [4.69, 9.17) is 9.47 Å². The van der Waals surface area contributed by atoms with E-state index in [1.54, 1.807) is 24.3 Å². The van der Waals surface area contributed by atoms with Crippen LogP contribution in [0.15, 0.2) is 23.1 Å². The molecule has 27 heavy (non-hydrogen) atoms. The van der Waals surface area contributed by atoms with E-state index in [2.05, 4.69) is 10.6 Å². The number of nitrogens with one attached hydrogen (secondary N) is 2. The lowest BCUT2D eigenvalue weighted by atomic mass is 9.95. The highest BCUT2D eigenvalue weighted by Gasteiger charge is 2.25. The van der Waals surface area contributed by atoms with Gasteiger partial charge in [-0.2, -0.15) is 0 Å². The van der Waals surface area contributed by atoms with Crippen molar-refractivity contribution in [3.05, 3.63) is 28.7 Å². The van der Waals surface area contributed by atoms with Gasteiger partial charge in [-0.15, -0.1) is 0 Å². The third-order valence-corrected chi connectivity index (χ3v) is 5.27. The van der Waals surface area contributed by atoms with E-state index in [9.17, 15) is 14.4 Å². The molecule has 1 heterocycles. The molecule has 3 rings (SSSR count). The Balaban J connectivity index is 1.60. The molecule has 1 saturated heterocycles. The Morgan fingerprint density at radius 3 is 2.70 bits per heavy atom. The minimum absolute atomic E-state index is 0.0833. The van der Waals surface area contributed by atoms with Crippen LogP contribution in [0.1, 0.15) is 37.7 Å².